The summed E-state index contributed by atoms with van der Waals surface area (Å²) in [5.74, 6) is -1.05. The number of nitro benzene ring substituents is 3. The highest BCUT2D eigenvalue weighted by atomic mass is 16.7. The van der Waals surface area contributed by atoms with Crippen LogP contribution in [0.15, 0.2) is 6.07 Å². The highest BCUT2D eigenvalue weighted by Gasteiger charge is 2.41. The molecule has 11 heteroatoms. The van der Waals surface area contributed by atoms with Gasteiger partial charge in [-0.25, -0.2) is 0 Å². The molecule has 1 aromatic rings. The van der Waals surface area contributed by atoms with Crippen molar-refractivity contribution in [1.29, 1.82) is 0 Å². The lowest BCUT2D eigenvalue weighted by Gasteiger charge is -2.17. The summed E-state index contributed by atoms with van der Waals surface area (Å²) in [7, 11) is 0. The number of fused-ring (bicyclic) bond motifs is 1. The molecule has 0 saturated heterocycles. The minimum Gasteiger partial charge on any atom is -0.480 e. The molecule has 0 aromatic heterocycles. The molecule has 1 heterocycles. The van der Waals surface area contributed by atoms with Crippen molar-refractivity contribution in [3.05, 3.63) is 36.4 Å². The van der Waals surface area contributed by atoms with Crippen LogP contribution in [-0.2, 0) is 0 Å². The summed E-state index contributed by atoms with van der Waals surface area (Å²) < 4.78 is 9.87. The SMILES string of the molecule is O=[N+]([O-])c1cc([N+](=O)[O-])c([N+](=O)[O-])c2c1OCCO2. The highest BCUT2D eigenvalue weighted by molar-refractivity contribution is 5.75. The zero-order chi connectivity index (χ0) is 14.2. The van der Waals surface area contributed by atoms with Gasteiger partial charge in [-0.05, 0) is 0 Å². The standard InChI is InChI=1S/C8H5N3O8/c12-9(13)4-3-5(10(14)15)7-8(6(4)11(16)17)19-2-1-18-7/h3H,1-2H2. The maximum atomic E-state index is 10.9. The molecule has 0 fully saturated rings. The maximum Gasteiger partial charge on any atom is 0.391 e. The molecule has 100 valence electrons. The second-order valence-electron chi connectivity index (χ2n) is 3.39. The van der Waals surface area contributed by atoms with E-state index >= 15 is 0 Å². The Hall–Kier alpha value is -2.98. The van der Waals surface area contributed by atoms with Gasteiger partial charge in [0.15, 0.2) is 0 Å². The van der Waals surface area contributed by atoms with Gasteiger partial charge in [0.2, 0.25) is 5.75 Å². The van der Waals surface area contributed by atoms with Crippen LogP contribution in [0.5, 0.6) is 11.5 Å². The molecule has 11 nitrogen and oxygen atoms in total. The van der Waals surface area contributed by atoms with Crippen LogP contribution in [0.2, 0.25) is 0 Å². The van der Waals surface area contributed by atoms with Crippen LogP contribution in [0.25, 0.3) is 0 Å². The van der Waals surface area contributed by atoms with Crippen LogP contribution in [0.3, 0.4) is 0 Å². The summed E-state index contributed by atoms with van der Waals surface area (Å²) in [5.41, 5.74) is -2.71. The third kappa shape index (κ3) is 1.96. The zero-order valence-electron chi connectivity index (χ0n) is 9.10. The molecule has 0 amide bonds. The third-order valence-electron chi connectivity index (χ3n) is 2.32. The normalized spacial score (nSPS) is 12.8. The second kappa shape index (κ2) is 4.36. The molecule has 0 atom stereocenters. The molecule has 0 saturated carbocycles. The molecule has 2 rings (SSSR count). The van der Waals surface area contributed by atoms with Gasteiger partial charge in [-0.1, -0.05) is 0 Å². The third-order valence-corrected chi connectivity index (χ3v) is 2.32. The van der Waals surface area contributed by atoms with E-state index in [9.17, 15) is 30.3 Å². The Kier molecular flexibility index (Phi) is 2.86. The van der Waals surface area contributed by atoms with Crippen molar-refractivity contribution in [2.24, 2.45) is 0 Å². The Morgan fingerprint density at radius 3 is 1.84 bits per heavy atom. The zero-order valence-corrected chi connectivity index (χ0v) is 9.10. The fourth-order valence-electron chi connectivity index (χ4n) is 1.62. The van der Waals surface area contributed by atoms with Crippen molar-refractivity contribution in [3.8, 4) is 11.5 Å². The molecule has 0 radical (unpaired) electrons. The molecule has 0 aliphatic carbocycles. The molecule has 19 heavy (non-hydrogen) atoms. The average molecular weight is 271 g/mol. The fourth-order valence-corrected chi connectivity index (χ4v) is 1.62. The van der Waals surface area contributed by atoms with Crippen molar-refractivity contribution in [2.75, 3.05) is 13.2 Å². The topological polar surface area (TPSA) is 148 Å². The average Bonchev–Trinajstić information content (AvgIpc) is 2.35. The summed E-state index contributed by atoms with van der Waals surface area (Å²) in [4.78, 5) is 29.4. The van der Waals surface area contributed by atoms with Crippen molar-refractivity contribution >= 4 is 17.1 Å². The van der Waals surface area contributed by atoms with Crippen LogP contribution in [0.4, 0.5) is 17.1 Å². The monoisotopic (exact) mass is 271 g/mol. The summed E-state index contributed by atoms with van der Waals surface area (Å²) in [6.45, 7) is -0.130. The Labute approximate surface area is 103 Å². The van der Waals surface area contributed by atoms with Crippen molar-refractivity contribution in [2.45, 2.75) is 0 Å². The molecule has 1 aliphatic rings. The number of ether oxygens (including phenoxy) is 2. The first-order valence-corrected chi connectivity index (χ1v) is 4.83. The number of hydrogen-bond acceptors (Lipinski definition) is 8. The smallest absolute Gasteiger partial charge is 0.391 e. The predicted molar refractivity (Wildman–Crippen MR) is 57.4 cm³/mol. The van der Waals surface area contributed by atoms with Crippen LogP contribution in [-0.4, -0.2) is 28.0 Å². The van der Waals surface area contributed by atoms with Crippen molar-refractivity contribution < 1.29 is 24.2 Å². The molecule has 1 aromatic carbocycles. The summed E-state index contributed by atoms with van der Waals surface area (Å²) in [6, 6.07) is 0.492. The quantitative estimate of drug-likeness (QED) is 0.587. The molecule has 1 aliphatic heterocycles. The van der Waals surface area contributed by atoms with Crippen molar-refractivity contribution in [3.63, 3.8) is 0 Å². The minimum absolute atomic E-state index is 0.0389. The minimum atomic E-state index is -1.08. The Morgan fingerprint density at radius 1 is 0.842 bits per heavy atom. The van der Waals surface area contributed by atoms with Crippen LogP contribution < -0.4 is 9.47 Å². The van der Waals surface area contributed by atoms with Crippen molar-refractivity contribution in [1.82, 2.24) is 0 Å². The lowest BCUT2D eigenvalue weighted by atomic mass is 10.2. The van der Waals surface area contributed by atoms with Gasteiger partial charge in [0.25, 0.3) is 5.75 Å². The summed E-state index contributed by atoms with van der Waals surface area (Å²) in [6.07, 6.45) is 0. The first-order valence-electron chi connectivity index (χ1n) is 4.83. The van der Waals surface area contributed by atoms with Crippen LogP contribution in [0.1, 0.15) is 0 Å². The van der Waals surface area contributed by atoms with Gasteiger partial charge < -0.3 is 9.47 Å². The second-order valence-corrected chi connectivity index (χ2v) is 3.39. The highest BCUT2D eigenvalue weighted by Crippen LogP contribution is 2.50. The Bertz CT molecular complexity index is 598. The maximum absolute atomic E-state index is 10.9. The number of rotatable bonds is 3. The van der Waals surface area contributed by atoms with E-state index in [0.29, 0.717) is 6.07 Å². The van der Waals surface area contributed by atoms with E-state index in [-0.39, 0.29) is 13.2 Å². The first kappa shape index (κ1) is 12.5. The van der Waals surface area contributed by atoms with E-state index in [0.717, 1.165) is 0 Å². The van der Waals surface area contributed by atoms with Crippen LogP contribution >= 0.6 is 0 Å². The Morgan fingerprint density at radius 2 is 1.37 bits per heavy atom. The van der Waals surface area contributed by atoms with Gasteiger partial charge in [0.05, 0.1) is 14.8 Å². The van der Waals surface area contributed by atoms with Gasteiger partial charge >= 0.3 is 17.1 Å². The van der Waals surface area contributed by atoms with Gasteiger partial charge in [-0.2, -0.15) is 0 Å². The fraction of sp³-hybridized carbons (Fsp3) is 0.250. The van der Waals surface area contributed by atoms with E-state index in [4.69, 9.17) is 9.47 Å². The number of nitro groups is 3. The molecule has 0 bridgehead atoms. The van der Waals surface area contributed by atoms with Gasteiger partial charge in [-0.3, -0.25) is 30.3 Å². The number of benzene rings is 1. The number of nitrogens with zero attached hydrogens (tertiary/aromatic N) is 3. The largest absolute Gasteiger partial charge is 0.480 e. The molecule has 0 spiro atoms. The summed E-state index contributed by atoms with van der Waals surface area (Å²) >= 11 is 0. The van der Waals surface area contributed by atoms with Gasteiger partial charge in [-0.15, -0.1) is 0 Å². The molecular formula is C8H5N3O8. The predicted octanol–water partition coefficient (Wildman–Crippen LogP) is 1.18. The van der Waals surface area contributed by atoms with Crippen LogP contribution in [0, 0.1) is 30.3 Å². The van der Waals surface area contributed by atoms with Gasteiger partial charge in [0.1, 0.15) is 19.3 Å². The van der Waals surface area contributed by atoms with E-state index in [2.05, 4.69) is 0 Å². The van der Waals surface area contributed by atoms with E-state index in [1.807, 2.05) is 0 Å². The van der Waals surface area contributed by atoms with Gasteiger partial charge in [0, 0.05) is 0 Å². The van der Waals surface area contributed by atoms with E-state index in [1.54, 1.807) is 0 Å². The first-order chi connectivity index (χ1) is 8.93. The number of hydrogen-bond donors (Lipinski definition) is 0. The molecular weight excluding hydrogens is 266 g/mol. The van der Waals surface area contributed by atoms with E-state index in [1.165, 1.54) is 0 Å². The Balaban J connectivity index is 2.83. The molecule has 0 N–H and O–H groups in total. The summed E-state index contributed by atoms with van der Waals surface area (Å²) in [5, 5.41) is 32.5. The molecule has 0 unspecified atom stereocenters. The lowest BCUT2D eigenvalue weighted by Crippen LogP contribution is -2.18. The van der Waals surface area contributed by atoms with E-state index < -0.39 is 43.3 Å². The lowest BCUT2D eigenvalue weighted by molar-refractivity contribution is -0.425.